The number of pyridine rings is 1. The summed E-state index contributed by atoms with van der Waals surface area (Å²) >= 11 is 0. The number of likely N-dealkylation sites (tertiary alicyclic amines) is 1. The maximum Gasteiger partial charge on any atom is 0.410 e. The fraction of sp³-hybridized carbons (Fsp3) is 0.571. The van der Waals surface area contributed by atoms with Crippen molar-refractivity contribution in [3.8, 4) is 0 Å². The van der Waals surface area contributed by atoms with E-state index in [-0.39, 0.29) is 6.54 Å². The molecule has 0 spiro atoms. The molecular formula is C14H19FN2O3. The van der Waals surface area contributed by atoms with Gasteiger partial charge in [0.2, 0.25) is 0 Å². The van der Waals surface area contributed by atoms with Gasteiger partial charge in [0, 0.05) is 18.3 Å². The summed E-state index contributed by atoms with van der Waals surface area (Å²) in [7, 11) is 0. The first-order chi connectivity index (χ1) is 9.20. The third-order valence-electron chi connectivity index (χ3n) is 3.14. The number of aromatic nitrogens is 1. The Hall–Kier alpha value is -1.69. The molecule has 20 heavy (non-hydrogen) atoms. The second-order valence-electron chi connectivity index (χ2n) is 6.08. The lowest BCUT2D eigenvalue weighted by atomic mass is 9.95. The Balaban J connectivity index is 2.10. The Morgan fingerprint density at radius 3 is 2.80 bits per heavy atom. The van der Waals surface area contributed by atoms with Crippen LogP contribution in [0.5, 0.6) is 0 Å². The van der Waals surface area contributed by atoms with E-state index < -0.39 is 23.1 Å². The summed E-state index contributed by atoms with van der Waals surface area (Å²) in [6.45, 7) is 5.78. The van der Waals surface area contributed by atoms with Crippen LogP contribution in [0.4, 0.5) is 9.18 Å². The van der Waals surface area contributed by atoms with Crippen LogP contribution >= 0.6 is 0 Å². The highest BCUT2D eigenvalue weighted by molar-refractivity contribution is 5.68. The minimum Gasteiger partial charge on any atom is -0.444 e. The minimum atomic E-state index is -1.27. The van der Waals surface area contributed by atoms with Gasteiger partial charge in [0.25, 0.3) is 0 Å². The van der Waals surface area contributed by atoms with Crippen LogP contribution in [-0.4, -0.2) is 39.8 Å². The number of hydrogen-bond acceptors (Lipinski definition) is 4. The number of ether oxygens (including phenoxy) is 1. The highest BCUT2D eigenvalue weighted by Crippen LogP contribution is 2.32. The molecule has 1 aliphatic heterocycles. The fourth-order valence-corrected chi connectivity index (χ4v) is 2.18. The van der Waals surface area contributed by atoms with E-state index in [0.717, 1.165) is 6.20 Å². The predicted molar refractivity (Wildman–Crippen MR) is 70.5 cm³/mol. The molecular weight excluding hydrogens is 263 g/mol. The predicted octanol–water partition coefficient (Wildman–Crippen LogP) is 2.05. The summed E-state index contributed by atoms with van der Waals surface area (Å²) < 4.78 is 18.5. The largest absolute Gasteiger partial charge is 0.444 e. The number of aliphatic hydroxyl groups is 1. The Bertz CT molecular complexity index is 515. The number of hydrogen-bond donors (Lipinski definition) is 1. The summed E-state index contributed by atoms with van der Waals surface area (Å²) in [5, 5.41) is 10.5. The molecule has 5 nitrogen and oxygen atoms in total. The number of β-amino-alcohol motifs (C(OH)–C–C–N with tert-alkyl or cyclic N) is 1. The summed E-state index contributed by atoms with van der Waals surface area (Å²) in [5.74, 6) is -0.508. The van der Waals surface area contributed by atoms with Crippen molar-refractivity contribution in [2.45, 2.75) is 38.4 Å². The molecule has 110 valence electrons. The zero-order valence-corrected chi connectivity index (χ0v) is 11.9. The molecule has 6 heteroatoms. The van der Waals surface area contributed by atoms with Crippen molar-refractivity contribution in [1.29, 1.82) is 0 Å². The Morgan fingerprint density at radius 1 is 1.50 bits per heavy atom. The normalized spacial score (nSPS) is 22.9. The third-order valence-corrected chi connectivity index (χ3v) is 3.14. The quantitative estimate of drug-likeness (QED) is 0.856. The van der Waals surface area contributed by atoms with Gasteiger partial charge in [-0.1, -0.05) is 0 Å². The average Bonchev–Trinajstić information content (AvgIpc) is 2.71. The molecule has 2 heterocycles. The van der Waals surface area contributed by atoms with Gasteiger partial charge in [-0.25, -0.2) is 9.18 Å². The van der Waals surface area contributed by atoms with Crippen molar-refractivity contribution in [2.75, 3.05) is 13.1 Å². The average molecular weight is 282 g/mol. The number of amides is 1. The van der Waals surface area contributed by atoms with Gasteiger partial charge in [0.05, 0.1) is 12.7 Å². The topological polar surface area (TPSA) is 62.7 Å². The molecule has 0 aliphatic carbocycles. The molecule has 1 atom stereocenters. The van der Waals surface area contributed by atoms with E-state index in [1.807, 2.05) is 0 Å². The summed E-state index contributed by atoms with van der Waals surface area (Å²) in [6.07, 6.45) is 2.35. The van der Waals surface area contributed by atoms with Crippen molar-refractivity contribution < 1.29 is 19.0 Å². The highest BCUT2D eigenvalue weighted by Gasteiger charge is 2.41. The molecule has 2 rings (SSSR count). The zero-order valence-electron chi connectivity index (χ0n) is 11.9. The fourth-order valence-electron chi connectivity index (χ4n) is 2.18. The van der Waals surface area contributed by atoms with Crippen LogP contribution in [0.2, 0.25) is 0 Å². The lowest BCUT2D eigenvalue weighted by Gasteiger charge is -2.26. The van der Waals surface area contributed by atoms with Crippen LogP contribution in [0.15, 0.2) is 18.5 Å². The van der Waals surface area contributed by atoms with Gasteiger partial charge >= 0.3 is 6.09 Å². The summed E-state index contributed by atoms with van der Waals surface area (Å²) in [6, 6.07) is 1.24. The first-order valence-electron chi connectivity index (χ1n) is 6.51. The number of halogens is 1. The molecule has 0 radical (unpaired) electrons. The van der Waals surface area contributed by atoms with Gasteiger partial charge in [-0.3, -0.25) is 4.98 Å². The minimum absolute atomic E-state index is 0.0764. The highest BCUT2D eigenvalue weighted by atomic mass is 19.1. The van der Waals surface area contributed by atoms with Crippen LogP contribution in [0.1, 0.15) is 32.8 Å². The first-order valence-corrected chi connectivity index (χ1v) is 6.51. The molecule has 1 aromatic rings. The van der Waals surface area contributed by atoms with Gasteiger partial charge in [-0.15, -0.1) is 0 Å². The van der Waals surface area contributed by atoms with Gasteiger partial charge in [-0.2, -0.15) is 0 Å². The van der Waals surface area contributed by atoms with Crippen LogP contribution in [0.3, 0.4) is 0 Å². The van der Waals surface area contributed by atoms with Crippen molar-refractivity contribution >= 4 is 6.09 Å². The molecule has 1 aromatic heterocycles. The molecule has 0 unspecified atom stereocenters. The van der Waals surface area contributed by atoms with Crippen LogP contribution in [0.25, 0.3) is 0 Å². The first kappa shape index (κ1) is 14.7. The lowest BCUT2D eigenvalue weighted by molar-refractivity contribution is 0.0138. The maximum atomic E-state index is 13.2. The Morgan fingerprint density at radius 2 is 2.20 bits per heavy atom. The van der Waals surface area contributed by atoms with Crippen molar-refractivity contribution in [3.63, 3.8) is 0 Å². The van der Waals surface area contributed by atoms with E-state index in [0.29, 0.717) is 18.5 Å². The van der Waals surface area contributed by atoms with E-state index in [9.17, 15) is 14.3 Å². The second kappa shape index (κ2) is 5.01. The molecule has 1 aliphatic rings. The van der Waals surface area contributed by atoms with Crippen molar-refractivity contribution in [3.05, 3.63) is 29.8 Å². The molecule has 1 saturated heterocycles. The van der Waals surface area contributed by atoms with Crippen LogP contribution in [0, 0.1) is 5.82 Å². The van der Waals surface area contributed by atoms with Gasteiger partial charge in [-0.05, 0) is 33.3 Å². The van der Waals surface area contributed by atoms with E-state index in [2.05, 4.69) is 4.98 Å². The molecule has 1 fully saturated rings. The molecule has 0 aromatic carbocycles. The Labute approximate surface area is 117 Å². The standard InChI is InChI=1S/C14H19FN2O3/c1-13(2,3)20-12(18)17-5-4-14(19,9-17)10-6-11(15)8-16-7-10/h6-8,19H,4-5,9H2,1-3H3/t14-/m0/s1. The molecule has 1 amide bonds. The molecule has 1 N–H and O–H groups in total. The van der Waals surface area contributed by atoms with E-state index in [4.69, 9.17) is 4.74 Å². The van der Waals surface area contributed by atoms with Gasteiger partial charge in [0.1, 0.15) is 17.0 Å². The van der Waals surface area contributed by atoms with Crippen molar-refractivity contribution in [2.24, 2.45) is 0 Å². The molecule has 0 bridgehead atoms. The maximum absolute atomic E-state index is 13.2. The lowest BCUT2D eigenvalue weighted by Crippen LogP contribution is -2.38. The van der Waals surface area contributed by atoms with E-state index >= 15 is 0 Å². The zero-order chi connectivity index (χ0) is 15.0. The van der Waals surface area contributed by atoms with Gasteiger partial charge < -0.3 is 14.7 Å². The Kier molecular flexibility index (Phi) is 3.69. The van der Waals surface area contributed by atoms with E-state index in [1.54, 1.807) is 20.8 Å². The number of carbonyl (C=O) groups is 1. The van der Waals surface area contributed by atoms with Gasteiger partial charge in [0.15, 0.2) is 0 Å². The number of rotatable bonds is 1. The van der Waals surface area contributed by atoms with Crippen LogP contribution in [-0.2, 0) is 10.3 Å². The third kappa shape index (κ3) is 3.25. The summed E-state index contributed by atoms with van der Waals surface area (Å²) in [4.78, 5) is 17.1. The van der Waals surface area contributed by atoms with Crippen molar-refractivity contribution in [1.82, 2.24) is 9.88 Å². The van der Waals surface area contributed by atoms with Crippen LogP contribution < -0.4 is 0 Å². The summed E-state index contributed by atoms with van der Waals surface area (Å²) in [5.41, 5.74) is -1.48. The monoisotopic (exact) mass is 282 g/mol. The number of nitrogens with zero attached hydrogens (tertiary/aromatic N) is 2. The molecule has 0 saturated carbocycles. The van der Waals surface area contributed by atoms with E-state index in [1.165, 1.54) is 17.2 Å². The second-order valence-corrected chi connectivity index (χ2v) is 6.08. The SMILES string of the molecule is CC(C)(C)OC(=O)N1CC[C@@](O)(c2cncc(F)c2)C1. The number of carbonyl (C=O) groups excluding carboxylic acids is 1. The smallest absolute Gasteiger partial charge is 0.410 e.